The van der Waals surface area contributed by atoms with Gasteiger partial charge in [0.15, 0.2) is 0 Å². The lowest BCUT2D eigenvalue weighted by Crippen LogP contribution is -2.38. The molecular formula is C14H16ClN3O3S. The summed E-state index contributed by atoms with van der Waals surface area (Å²) in [5.41, 5.74) is 0.556. The largest absolute Gasteiger partial charge is 0.326 e. The first-order chi connectivity index (χ1) is 10.5. The van der Waals surface area contributed by atoms with Gasteiger partial charge in [0.25, 0.3) is 5.91 Å². The molecular weight excluding hydrogens is 326 g/mol. The van der Waals surface area contributed by atoms with Gasteiger partial charge in [-0.15, -0.1) is 0 Å². The van der Waals surface area contributed by atoms with E-state index in [-0.39, 0.29) is 12.5 Å². The van der Waals surface area contributed by atoms with Gasteiger partial charge in [-0.25, -0.2) is 4.79 Å². The molecule has 4 amide bonds. The molecule has 1 fully saturated rings. The Kier molecular flexibility index (Phi) is 5.68. The third kappa shape index (κ3) is 4.14. The summed E-state index contributed by atoms with van der Waals surface area (Å²) in [7, 11) is 0. The highest BCUT2D eigenvalue weighted by Crippen LogP contribution is 2.15. The number of urea groups is 1. The van der Waals surface area contributed by atoms with Crippen molar-refractivity contribution in [3.8, 4) is 0 Å². The molecule has 1 heterocycles. The number of imide groups is 1. The Morgan fingerprint density at radius 3 is 2.68 bits per heavy atom. The van der Waals surface area contributed by atoms with Crippen molar-refractivity contribution >= 4 is 46.9 Å². The van der Waals surface area contributed by atoms with Crippen molar-refractivity contribution in [1.29, 1.82) is 0 Å². The highest BCUT2D eigenvalue weighted by Gasteiger charge is 2.38. The molecule has 0 saturated carbocycles. The number of nitrogens with one attached hydrogen (secondary N) is 2. The Morgan fingerprint density at radius 2 is 2.05 bits per heavy atom. The maximum Gasteiger partial charge on any atom is 0.325 e. The topological polar surface area (TPSA) is 78.5 Å². The number of carbonyl (C=O) groups is 3. The summed E-state index contributed by atoms with van der Waals surface area (Å²) in [6, 6.07) is 5.51. The van der Waals surface area contributed by atoms with Gasteiger partial charge < -0.3 is 10.6 Å². The zero-order chi connectivity index (χ0) is 16.1. The lowest BCUT2D eigenvalue weighted by atomic mass is 10.2. The van der Waals surface area contributed by atoms with Crippen LogP contribution >= 0.6 is 23.4 Å². The Balaban J connectivity index is 1.92. The first-order valence-electron chi connectivity index (χ1n) is 6.67. The van der Waals surface area contributed by atoms with E-state index in [0.29, 0.717) is 17.1 Å². The average Bonchev–Trinajstić information content (AvgIpc) is 2.75. The average molecular weight is 342 g/mol. The van der Waals surface area contributed by atoms with Gasteiger partial charge in [-0.1, -0.05) is 11.6 Å². The number of rotatable bonds is 6. The predicted octanol–water partition coefficient (Wildman–Crippen LogP) is 1.95. The van der Waals surface area contributed by atoms with E-state index >= 15 is 0 Å². The summed E-state index contributed by atoms with van der Waals surface area (Å²) in [6.45, 7) is -0.303. The predicted molar refractivity (Wildman–Crippen MR) is 87.1 cm³/mol. The third-order valence-corrected chi connectivity index (χ3v) is 4.04. The van der Waals surface area contributed by atoms with Gasteiger partial charge in [0, 0.05) is 10.7 Å². The Bertz CT molecular complexity index is 579. The van der Waals surface area contributed by atoms with E-state index in [1.54, 1.807) is 36.0 Å². The van der Waals surface area contributed by atoms with Crippen LogP contribution in [-0.2, 0) is 9.59 Å². The quantitative estimate of drug-likeness (QED) is 0.775. The first kappa shape index (κ1) is 16.6. The van der Waals surface area contributed by atoms with Gasteiger partial charge in [0.2, 0.25) is 5.91 Å². The molecule has 118 valence electrons. The molecule has 1 atom stereocenters. The zero-order valence-corrected chi connectivity index (χ0v) is 13.5. The van der Waals surface area contributed by atoms with Crippen LogP contribution in [0.25, 0.3) is 0 Å². The Morgan fingerprint density at radius 1 is 1.36 bits per heavy atom. The molecule has 0 bridgehead atoms. The molecule has 0 radical (unpaired) electrons. The number of carbonyl (C=O) groups excluding carboxylic acids is 3. The van der Waals surface area contributed by atoms with Crippen molar-refractivity contribution in [2.24, 2.45) is 0 Å². The van der Waals surface area contributed by atoms with Crippen LogP contribution in [0.4, 0.5) is 10.5 Å². The van der Waals surface area contributed by atoms with Crippen LogP contribution in [0.15, 0.2) is 24.3 Å². The fourth-order valence-electron chi connectivity index (χ4n) is 2.04. The molecule has 0 unspecified atom stereocenters. The maximum absolute atomic E-state index is 12.1. The standard InChI is InChI=1S/C14H16ClN3O3S/c1-22-7-6-11-13(20)18(14(21)17-11)8-12(19)16-10-4-2-9(15)3-5-10/h2-5,11H,6-8H2,1H3,(H,16,19)(H,17,21)/t11-/m0/s1. The molecule has 1 aromatic carbocycles. The fraction of sp³-hybridized carbons (Fsp3) is 0.357. The van der Waals surface area contributed by atoms with E-state index in [4.69, 9.17) is 11.6 Å². The smallest absolute Gasteiger partial charge is 0.325 e. The van der Waals surface area contributed by atoms with Gasteiger partial charge >= 0.3 is 6.03 Å². The number of hydrogen-bond donors (Lipinski definition) is 2. The number of hydrogen-bond acceptors (Lipinski definition) is 4. The van der Waals surface area contributed by atoms with Crippen LogP contribution in [-0.4, -0.2) is 47.3 Å². The van der Waals surface area contributed by atoms with Crippen LogP contribution in [0, 0.1) is 0 Å². The summed E-state index contributed by atoms with van der Waals surface area (Å²) < 4.78 is 0. The van der Waals surface area contributed by atoms with Gasteiger partial charge in [-0.2, -0.15) is 11.8 Å². The van der Waals surface area contributed by atoms with Crippen molar-refractivity contribution < 1.29 is 14.4 Å². The van der Waals surface area contributed by atoms with Crippen molar-refractivity contribution in [3.05, 3.63) is 29.3 Å². The summed E-state index contributed by atoms with van der Waals surface area (Å²) >= 11 is 7.36. The van der Waals surface area contributed by atoms with Crippen LogP contribution in [0.5, 0.6) is 0 Å². The molecule has 1 aliphatic rings. The summed E-state index contributed by atoms with van der Waals surface area (Å²) in [5, 5.41) is 5.77. The molecule has 0 aliphatic carbocycles. The SMILES string of the molecule is CSCC[C@@H]1NC(=O)N(CC(=O)Nc2ccc(Cl)cc2)C1=O. The lowest BCUT2D eigenvalue weighted by molar-refractivity contribution is -0.130. The van der Waals surface area contributed by atoms with E-state index in [0.717, 1.165) is 10.7 Å². The number of nitrogens with zero attached hydrogens (tertiary/aromatic N) is 1. The highest BCUT2D eigenvalue weighted by molar-refractivity contribution is 7.98. The molecule has 8 heteroatoms. The molecule has 6 nitrogen and oxygen atoms in total. The van der Waals surface area contributed by atoms with Gasteiger partial charge in [0.1, 0.15) is 12.6 Å². The molecule has 1 aromatic rings. The molecule has 0 aromatic heterocycles. The van der Waals surface area contributed by atoms with Crippen molar-refractivity contribution in [3.63, 3.8) is 0 Å². The van der Waals surface area contributed by atoms with E-state index in [1.165, 1.54) is 0 Å². The van der Waals surface area contributed by atoms with Crippen LogP contribution in [0.1, 0.15) is 6.42 Å². The van der Waals surface area contributed by atoms with Crippen LogP contribution in [0.3, 0.4) is 0 Å². The van der Waals surface area contributed by atoms with Crippen molar-refractivity contribution in [1.82, 2.24) is 10.2 Å². The molecule has 1 saturated heterocycles. The minimum Gasteiger partial charge on any atom is -0.326 e. The summed E-state index contributed by atoms with van der Waals surface area (Å²) in [5.74, 6) is -0.0248. The van der Waals surface area contributed by atoms with Gasteiger partial charge in [-0.05, 0) is 42.7 Å². The van der Waals surface area contributed by atoms with Gasteiger partial charge in [-0.3, -0.25) is 14.5 Å². The molecule has 0 spiro atoms. The minimum absolute atomic E-state index is 0.303. The van der Waals surface area contributed by atoms with Gasteiger partial charge in [0.05, 0.1) is 0 Å². The molecule has 2 N–H and O–H groups in total. The number of benzene rings is 1. The number of amides is 4. The zero-order valence-electron chi connectivity index (χ0n) is 12.0. The minimum atomic E-state index is -0.539. The Labute approximate surface area is 137 Å². The second-order valence-electron chi connectivity index (χ2n) is 4.76. The second-order valence-corrected chi connectivity index (χ2v) is 6.19. The molecule has 1 aliphatic heterocycles. The van der Waals surface area contributed by atoms with Crippen molar-refractivity contribution in [2.75, 3.05) is 23.9 Å². The number of halogens is 1. The van der Waals surface area contributed by atoms with Crippen molar-refractivity contribution in [2.45, 2.75) is 12.5 Å². The van der Waals surface area contributed by atoms with E-state index in [9.17, 15) is 14.4 Å². The highest BCUT2D eigenvalue weighted by atomic mass is 35.5. The lowest BCUT2D eigenvalue weighted by Gasteiger charge is -2.13. The van der Waals surface area contributed by atoms with E-state index in [1.807, 2.05) is 6.26 Å². The summed E-state index contributed by atoms with van der Waals surface area (Å²) in [4.78, 5) is 36.8. The maximum atomic E-state index is 12.1. The monoisotopic (exact) mass is 341 g/mol. The van der Waals surface area contributed by atoms with Crippen LogP contribution < -0.4 is 10.6 Å². The second kappa shape index (κ2) is 7.51. The Hall–Kier alpha value is -1.73. The normalized spacial score (nSPS) is 17.5. The third-order valence-electron chi connectivity index (χ3n) is 3.15. The van der Waals surface area contributed by atoms with E-state index < -0.39 is 18.0 Å². The first-order valence-corrected chi connectivity index (χ1v) is 8.44. The molecule has 2 rings (SSSR count). The fourth-order valence-corrected chi connectivity index (χ4v) is 2.63. The number of thioether (sulfide) groups is 1. The number of anilines is 1. The van der Waals surface area contributed by atoms with Crippen LogP contribution in [0.2, 0.25) is 5.02 Å². The van der Waals surface area contributed by atoms with E-state index in [2.05, 4.69) is 10.6 Å². The summed E-state index contributed by atoms with van der Waals surface area (Å²) in [6.07, 6.45) is 2.49. The molecule has 22 heavy (non-hydrogen) atoms.